The summed E-state index contributed by atoms with van der Waals surface area (Å²) in [5, 5.41) is 4.81. The number of nitrogens with zero attached hydrogens (tertiary/aromatic N) is 2. The van der Waals surface area contributed by atoms with E-state index in [4.69, 9.17) is 9.47 Å². The van der Waals surface area contributed by atoms with Gasteiger partial charge in [-0.15, -0.1) is 0 Å². The van der Waals surface area contributed by atoms with Gasteiger partial charge in [0.05, 0.1) is 20.6 Å². The van der Waals surface area contributed by atoms with Gasteiger partial charge in [-0.2, -0.15) is 0 Å². The molecule has 1 aromatic carbocycles. The fourth-order valence-corrected chi connectivity index (χ4v) is 4.57. The van der Waals surface area contributed by atoms with Crippen LogP contribution in [0.1, 0.15) is 31.2 Å². The number of thioether (sulfide) groups is 1. The molecule has 0 aliphatic heterocycles. The van der Waals surface area contributed by atoms with Gasteiger partial charge < -0.3 is 19.4 Å². The first-order valence-corrected chi connectivity index (χ1v) is 10.1. The van der Waals surface area contributed by atoms with Crippen LogP contribution in [0.2, 0.25) is 0 Å². The highest BCUT2D eigenvalue weighted by molar-refractivity contribution is 7.99. The Morgan fingerprint density at radius 1 is 1.26 bits per heavy atom. The van der Waals surface area contributed by atoms with Crippen LogP contribution in [0.4, 0.5) is 0 Å². The van der Waals surface area contributed by atoms with Crippen LogP contribution in [0.15, 0.2) is 35.7 Å². The minimum Gasteiger partial charge on any atom is -0.497 e. The third kappa shape index (κ3) is 5.19. The van der Waals surface area contributed by atoms with Crippen LogP contribution in [0.25, 0.3) is 0 Å². The van der Waals surface area contributed by atoms with E-state index in [1.165, 1.54) is 0 Å². The molecular weight excluding hydrogens is 362 g/mol. The number of amides is 1. The number of hydrogen-bond acceptors (Lipinski definition) is 5. The summed E-state index contributed by atoms with van der Waals surface area (Å²) < 4.78 is 12.7. The van der Waals surface area contributed by atoms with Gasteiger partial charge in [-0.1, -0.05) is 11.8 Å². The Balaban J connectivity index is 1.49. The Bertz CT molecular complexity index is 770. The van der Waals surface area contributed by atoms with Gasteiger partial charge in [0.1, 0.15) is 11.5 Å². The first-order chi connectivity index (χ1) is 13.1. The van der Waals surface area contributed by atoms with Gasteiger partial charge in [-0.05, 0) is 43.9 Å². The number of imidazole rings is 1. The standard InChI is InChI=1S/C20H27N3O3S/c1-23-11-10-21-20(23)27-17-7-4-15(5-8-17)22-19(24)13-14-12-16(25-2)6-9-18(14)26-3/h6,9-12,15,17H,4-5,7-8,13H2,1-3H3,(H,22,24). The molecule has 0 bridgehead atoms. The number of rotatable bonds is 7. The molecule has 0 unspecified atom stereocenters. The van der Waals surface area contributed by atoms with Crippen molar-refractivity contribution in [2.75, 3.05) is 14.2 Å². The SMILES string of the molecule is COc1ccc(OC)c(CC(=O)NC2CCC(Sc3nccn3C)CC2)c1. The van der Waals surface area contributed by atoms with Gasteiger partial charge in [-0.25, -0.2) is 4.98 Å². The van der Waals surface area contributed by atoms with Crippen LogP contribution in [-0.2, 0) is 18.3 Å². The lowest BCUT2D eigenvalue weighted by Gasteiger charge is -2.28. The average Bonchev–Trinajstić information content (AvgIpc) is 3.07. The molecule has 6 nitrogen and oxygen atoms in total. The van der Waals surface area contributed by atoms with Crippen molar-refractivity contribution >= 4 is 17.7 Å². The van der Waals surface area contributed by atoms with Gasteiger partial charge in [0.25, 0.3) is 0 Å². The summed E-state index contributed by atoms with van der Waals surface area (Å²) in [6.07, 6.45) is 8.28. The number of nitrogens with one attached hydrogen (secondary N) is 1. The van der Waals surface area contributed by atoms with Crippen molar-refractivity contribution in [3.8, 4) is 11.5 Å². The number of hydrogen-bond donors (Lipinski definition) is 1. The number of carbonyl (C=O) groups excluding carboxylic acids is 1. The highest BCUT2D eigenvalue weighted by Crippen LogP contribution is 2.33. The molecule has 146 valence electrons. The minimum absolute atomic E-state index is 0.0294. The van der Waals surface area contributed by atoms with E-state index in [0.717, 1.165) is 42.2 Å². The molecule has 0 radical (unpaired) electrons. The molecule has 1 fully saturated rings. The summed E-state index contributed by atoms with van der Waals surface area (Å²) in [7, 11) is 5.25. The summed E-state index contributed by atoms with van der Waals surface area (Å²) >= 11 is 1.84. The van der Waals surface area contributed by atoms with Crippen molar-refractivity contribution in [3.63, 3.8) is 0 Å². The van der Waals surface area contributed by atoms with Crippen LogP contribution >= 0.6 is 11.8 Å². The van der Waals surface area contributed by atoms with E-state index in [-0.39, 0.29) is 11.9 Å². The molecule has 1 heterocycles. The van der Waals surface area contributed by atoms with E-state index in [9.17, 15) is 4.79 Å². The predicted molar refractivity (Wildman–Crippen MR) is 107 cm³/mol. The van der Waals surface area contributed by atoms with Gasteiger partial charge >= 0.3 is 0 Å². The van der Waals surface area contributed by atoms with Crippen LogP contribution in [0.5, 0.6) is 11.5 Å². The zero-order valence-corrected chi connectivity index (χ0v) is 16.9. The van der Waals surface area contributed by atoms with E-state index in [1.54, 1.807) is 14.2 Å². The topological polar surface area (TPSA) is 65.4 Å². The zero-order valence-electron chi connectivity index (χ0n) is 16.1. The second-order valence-corrected chi connectivity index (χ2v) is 8.10. The Morgan fingerprint density at radius 2 is 2.04 bits per heavy atom. The first kappa shape index (κ1) is 19.6. The number of aryl methyl sites for hydroxylation is 1. The lowest BCUT2D eigenvalue weighted by molar-refractivity contribution is -0.121. The van der Waals surface area contributed by atoms with E-state index < -0.39 is 0 Å². The number of methoxy groups -OCH3 is 2. The first-order valence-electron chi connectivity index (χ1n) is 9.23. The van der Waals surface area contributed by atoms with Crippen molar-refractivity contribution in [2.45, 2.75) is 48.6 Å². The van der Waals surface area contributed by atoms with Crippen LogP contribution < -0.4 is 14.8 Å². The quantitative estimate of drug-likeness (QED) is 0.788. The molecule has 1 aliphatic rings. The molecule has 1 aromatic heterocycles. The Kier molecular flexibility index (Phi) is 6.66. The average molecular weight is 390 g/mol. The predicted octanol–water partition coefficient (Wildman–Crippen LogP) is 3.20. The molecular formula is C20H27N3O3S. The van der Waals surface area contributed by atoms with Gasteiger partial charge in [0.15, 0.2) is 5.16 Å². The highest BCUT2D eigenvalue weighted by Gasteiger charge is 2.24. The lowest BCUT2D eigenvalue weighted by atomic mass is 9.94. The molecule has 7 heteroatoms. The largest absolute Gasteiger partial charge is 0.497 e. The molecule has 0 saturated heterocycles. The van der Waals surface area contributed by atoms with Crippen LogP contribution in [0, 0.1) is 0 Å². The van der Waals surface area contributed by atoms with Crippen LogP contribution in [-0.4, -0.2) is 41.0 Å². The fourth-order valence-electron chi connectivity index (χ4n) is 3.41. The third-order valence-corrected chi connectivity index (χ3v) is 6.34. The molecule has 0 atom stereocenters. The number of ether oxygens (including phenoxy) is 2. The monoisotopic (exact) mass is 389 g/mol. The molecule has 1 N–H and O–H groups in total. The molecule has 1 aliphatic carbocycles. The summed E-state index contributed by atoms with van der Waals surface area (Å²) in [5.41, 5.74) is 0.841. The van der Waals surface area contributed by atoms with E-state index in [0.29, 0.717) is 17.4 Å². The Hall–Kier alpha value is -2.15. The van der Waals surface area contributed by atoms with Crippen molar-refractivity contribution in [3.05, 3.63) is 36.2 Å². The van der Waals surface area contributed by atoms with Gasteiger partial charge in [0.2, 0.25) is 5.91 Å². The maximum atomic E-state index is 12.5. The summed E-state index contributed by atoms with van der Waals surface area (Å²) in [4.78, 5) is 16.9. The van der Waals surface area contributed by atoms with Gasteiger partial charge in [-0.3, -0.25) is 4.79 Å². The second-order valence-electron chi connectivity index (χ2n) is 6.83. The van der Waals surface area contributed by atoms with Crippen molar-refractivity contribution in [1.82, 2.24) is 14.9 Å². The normalized spacial score (nSPS) is 19.5. The summed E-state index contributed by atoms with van der Waals surface area (Å²) in [6, 6.07) is 5.77. The van der Waals surface area contributed by atoms with Gasteiger partial charge in [0, 0.05) is 36.3 Å². The molecule has 1 saturated carbocycles. The maximum Gasteiger partial charge on any atom is 0.224 e. The highest BCUT2D eigenvalue weighted by atomic mass is 32.2. The number of carbonyl (C=O) groups is 1. The van der Waals surface area contributed by atoms with E-state index in [1.807, 2.05) is 49.4 Å². The van der Waals surface area contributed by atoms with E-state index >= 15 is 0 Å². The van der Waals surface area contributed by atoms with Crippen molar-refractivity contribution < 1.29 is 14.3 Å². The Labute approximate surface area is 164 Å². The summed E-state index contributed by atoms with van der Waals surface area (Å²) in [5.74, 6) is 1.47. The Morgan fingerprint density at radius 3 is 2.67 bits per heavy atom. The lowest BCUT2D eigenvalue weighted by Crippen LogP contribution is -2.39. The third-order valence-electron chi connectivity index (χ3n) is 4.93. The number of benzene rings is 1. The fraction of sp³-hybridized carbons (Fsp3) is 0.500. The number of aromatic nitrogens is 2. The second kappa shape index (κ2) is 9.17. The molecule has 0 spiro atoms. The molecule has 27 heavy (non-hydrogen) atoms. The zero-order chi connectivity index (χ0) is 19.2. The molecule has 2 aromatic rings. The smallest absolute Gasteiger partial charge is 0.224 e. The minimum atomic E-state index is 0.0294. The maximum absolute atomic E-state index is 12.5. The van der Waals surface area contributed by atoms with Crippen molar-refractivity contribution in [1.29, 1.82) is 0 Å². The van der Waals surface area contributed by atoms with Crippen LogP contribution in [0.3, 0.4) is 0 Å². The van der Waals surface area contributed by atoms with Crippen molar-refractivity contribution in [2.24, 2.45) is 7.05 Å². The van der Waals surface area contributed by atoms with E-state index in [2.05, 4.69) is 14.9 Å². The molecule has 1 amide bonds. The summed E-state index contributed by atoms with van der Waals surface area (Å²) in [6.45, 7) is 0. The molecule has 3 rings (SSSR count).